The molecule has 0 aromatic carbocycles. The first-order valence-corrected chi connectivity index (χ1v) is 8.70. The van der Waals surface area contributed by atoms with E-state index in [1.54, 1.807) is 0 Å². The lowest BCUT2D eigenvalue weighted by Gasteiger charge is -2.30. The zero-order valence-electron chi connectivity index (χ0n) is 13.3. The SMILES string of the molecule is CCCN(CC(=O)O)C1CCCCCCCCCCC1. The maximum absolute atomic E-state index is 11.1. The van der Waals surface area contributed by atoms with E-state index in [1.165, 1.54) is 70.6 Å². The summed E-state index contributed by atoms with van der Waals surface area (Å²) in [6.07, 6.45) is 15.5. The highest BCUT2D eigenvalue weighted by molar-refractivity contribution is 5.69. The lowest BCUT2D eigenvalue weighted by atomic mass is 9.97. The number of nitrogens with zero attached hydrogens (tertiary/aromatic N) is 1. The van der Waals surface area contributed by atoms with Gasteiger partial charge in [-0.15, -0.1) is 0 Å². The van der Waals surface area contributed by atoms with E-state index in [1.807, 2.05) is 0 Å². The predicted molar refractivity (Wildman–Crippen MR) is 84.1 cm³/mol. The highest BCUT2D eigenvalue weighted by atomic mass is 16.4. The summed E-state index contributed by atoms with van der Waals surface area (Å²) >= 11 is 0. The first kappa shape index (κ1) is 17.5. The number of carbonyl (C=O) groups is 1. The maximum atomic E-state index is 11.1. The Labute approximate surface area is 124 Å². The largest absolute Gasteiger partial charge is 0.480 e. The van der Waals surface area contributed by atoms with Crippen LogP contribution in [0.15, 0.2) is 0 Å². The summed E-state index contributed by atoms with van der Waals surface area (Å²) in [7, 11) is 0. The highest BCUT2D eigenvalue weighted by Crippen LogP contribution is 2.20. The molecule has 0 aliphatic heterocycles. The van der Waals surface area contributed by atoms with Gasteiger partial charge < -0.3 is 5.11 Å². The van der Waals surface area contributed by atoms with Crippen LogP contribution in [0.3, 0.4) is 0 Å². The Morgan fingerprint density at radius 2 is 1.40 bits per heavy atom. The Morgan fingerprint density at radius 1 is 0.950 bits per heavy atom. The fraction of sp³-hybridized carbons (Fsp3) is 0.941. The van der Waals surface area contributed by atoms with Gasteiger partial charge in [0.2, 0.25) is 0 Å². The molecule has 0 saturated heterocycles. The summed E-state index contributed by atoms with van der Waals surface area (Å²) in [6.45, 7) is 3.29. The van der Waals surface area contributed by atoms with Gasteiger partial charge in [0.1, 0.15) is 0 Å². The Bertz CT molecular complexity index is 243. The molecule has 118 valence electrons. The molecule has 0 unspecified atom stereocenters. The number of rotatable bonds is 5. The fourth-order valence-electron chi connectivity index (χ4n) is 3.36. The maximum Gasteiger partial charge on any atom is 0.317 e. The van der Waals surface area contributed by atoms with Crippen molar-refractivity contribution >= 4 is 5.97 Å². The number of hydrogen-bond acceptors (Lipinski definition) is 2. The van der Waals surface area contributed by atoms with E-state index in [9.17, 15) is 4.79 Å². The van der Waals surface area contributed by atoms with Crippen molar-refractivity contribution < 1.29 is 9.90 Å². The second-order valence-corrected chi connectivity index (χ2v) is 6.28. The van der Waals surface area contributed by atoms with Gasteiger partial charge >= 0.3 is 5.97 Å². The van der Waals surface area contributed by atoms with Crippen molar-refractivity contribution in [3.63, 3.8) is 0 Å². The van der Waals surface area contributed by atoms with Crippen molar-refractivity contribution in [1.29, 1.82) is 0 Å². The average Bonchev–Trinajstić information content (AvgIpc) is 2.38. The van der Waals surface area contributed by atoms with E-state index >= 15 is 0 Å². The quantitative estimate of drug-likeness (QED) is 0.810. The van der Waals surface area contributed by atoms with Crippen LogP contribution in [0.5, 0.6) is 0 Å². The topological polar surface area (TPSA) is 40.5 Å². The van der Waals surface area contributed by atoms with Gasteiger partial charge in [0.25, 0.3) is 0 Å². The van der Waals surface area contributed by atoms with Crippen molar-refractivity contribution in [2.24, 2.45) is 0 Å². The van der Waals surface area contributed by atoms with Crippen LogP contribution >= 0.6 is 0 Å². The highest BCUT2D eigenvalue weighted by Gasteiger charge is 2.19. The number of carboxylic acids is 1. The molecule has 1 aliphatic rings. The predicted octanol–water partition coefficient (Wildman–Crippen LogP) is 4.46. The van der Waals surface area contributed by atoms with Gasteiger partial charge in [-0.1, -0.05) is 64.7 Å². The first-order valence-electron chi connectivity index (χ1n) is 8.70. The van der Waals surface area contributed by atoms with Gasteiger partial charge in [-0.05, 0) is 25.8 Å². The third-order valence-electron chi connectivity index (χ3n) is 4.44. The van der Waals surface area contributed by atoms with E-state index in [0.29, 0.717) is 6.04 Å². The number of carboxylic acid groups (broad SMARTS) is 1. The Balaban J connectivity index is 2.51. The first-order chi connectivity index (χ1) is 9.74. The van der Waals surface area contributed by atoms with Gasteiger partial charge in [0, 0.05) is 6.04 Å². The summed E-state index contributed by atoms with van der Waals surface area (Å²) in [5, 5.41) is 9.11. The van der Waals surface area contributed by atoms with E-state index in [0.717, 1.165) is 13.0 Å². The second-order valence-electron chi connectivity index (χ2n) is 6.28. The fourth-order valence-corrected chi connectivity index (χ4v) is 3.36. The molecule has 0 atom stereocenters. The second kappa shape index (κ2) is 11.1. The molecule has 0 spiro atoms. The minimum Gasteiger partial charge on any atom is -0.480 e. The molecule has 0 radical (unpaired) electrons. The van der Waals surface area contributed by atoms with Gasteiger partial charge in [-0.25, -0.2) is 0 Å². The zero-order valence-corrected chi connectivity index (χ0v) is 13.3. The molecular formula is C17H33NO2. The van der Waals surface area contributed by atoms with Crippen LogP contribution < -0.4 is 0 Å². The van der Waals surface area contributed by atoms with Crippen LogP contribution in [-0.4, -0.2) is 35.1 Å². The summed E-state index contributed by atoms with van der Waals surface area (Å²) < 4.78 is 0. The van der Waals surface area contributed by atoms with Crippen molar-refractivity contribution in [2.75, 3.05) is 13.1 Å². The molecule has 20 heavy (non-hydrogen) atoms. The Kier molecular flexibility index (Phi) is 9.73. The molecule has 1 aliphatic carbocycles. The molecule has 0 aromatic rings. The molecule has 1 fully saturated rings. The molecule has 0 bridgehead atoms. The molecule has 1 saturated carbocycles. The zero-order chi connectivity index (χ0) is 14.6. The molecule has 3 nitrogen and oxygen atoms in total. The number of hydrogen-bond donors (Lipinski definition) is 1. The Hall–Kier alpha value is -0.570. The summed E-state index contributed by atoms with van der Waals surface area (Å²) in [6, 6.07) is 0.491. The Morgan fingerprint density at radius 3 is 1.80 bits per heavy atom. The van der Waals surface area contributed by atoms with Crippen LogP contribution in [0.25, 0.3) is 0 Å². The van der Waals surface area contributed by atoms with Crippen molar-refractivity contribution in [1.82, 2.24) is 4.90 Å². The van der Waals surface area contributed by atoms with Gasteiger partial charge in [0.05, 0.1) is 6.54 Å². The molecule has 1 N–H and O–H groups in total. The molecule has 3 heteroatoms. The minimum atomic E-state index is -0.676. The minimum absolute atomic E-state index is 0.221. The smallest absolute Gasteiger partial charge is 0.317 e. The third-order valence-corrected chi connectivity index (χ3v) is 4.44. The van der Waals surface area contributed by atoms with Crippen LogP contribution in [-0.2, 0) is 4.79 Å². The van der Waals surface area contributed by atoms with Crippen LogP contribution in [0.1, 0.15) is 84.0 Å². The molecule has 1 rings (SSSR count). The van der Waals surface area contributed by atoms with Crippen LogP contribution in [0, 0.1) is 0 Å². The molecule has 0 aromatic heterocycles. The van der Waals surface area contributed by atoms with E-state index in [4.69, 9.17) is 5.11 Å². The van der Waals surface area contributed by atoms with E-state index < -0.39 is 5.97 Å². The van der Waals surface area contributed by atoms with Crippen molar-refractivity contribution in [3.05, 3.63) is 0 Å². The third kappa shape index (κ3) is 7.88. The van der Waals surface area contributed by atoms with Gasteiger partial charge in [-0.2, -0.15) is 0 Å². The summed E-state index contributed by atoms with van der Waals surface area (Å²) in [5.74, 6) is -0.676. The normalized spacial score (nSPS) is 20.3. The monoisotopic (exact) mass is 283 g/mol. The van der Waals surface area contributed by atoms with Crippen molar-refractivity contribution in [3.8, 4) is 0 Å². The number of aliphatic carboxylic acids is 1. The molecule has 0 amide bonds. The summed E-state index contributed by atoms with van der Waals surface area (Å²) in [4.78, 5) is 13.3. The van der Waals surface area contributed by atoms with Gasteiger partial charge in [-0.3, -0.25) is 9.69 Å². The molecule has 0 heterocycles. The average molecular weight is 283 g/mol. The lowest BCUT2D eigenvalue weighted by Crippen LogP contribution is -2.39. The van der Waals surface area contributed by atoms with E-state index in [2.05, 4.69) is 11.8 Å². The van der Waals surface area contributed by atoms with Crippen LogP contribution in [0.2, 0.25) is 0 Å². The van der Waals surface area contributed by atoms with Crippen molar-refractivity contribution in [2.45, 2.75) is 90.0 Å². The lowest BCUT2D eigenvalue weighted by molar-refractivity contribution is -0.139. The summed E-state index contributed by atoms with van der Waals surface area (Å²) in [5.41, 5.74) is 0. The van der Waals surface area contributed by atoms with E-state index in [-0.39, 0.29) is 6.54 Å². The van der Waals surface area contributed by atoms with Gasteiger partial charge in [0.15, 0.2) is 0 Å². The molecular weight excluding hydrogens is 250 g/mol. The standard InChI is InChI=1S/C17H33NO2/c1-2-14-18(15-17(19)20)16-12-10-8-6-4-3-5-7-9-11-13-16/h16H,2-15H2,1H3,(H,19,20). The van der Waals surface area contributed by atoms with Crippen LogP contribution in [0.4, 0.5) is 0 Å².